The molecule has 0 N–H and O–H groups in total. The average molecular weight is 361 g/mol. The van der Waals surface area contributed by atoms with Crippen molar-refractivity contribution in [2.45, 2.75) is 13.8 Å². The standard InChI is InChI=1S/C21H19N3O3/c1-3-26-20-14-16(9-10-19(20)27-12-11-22)13-18-15(2)23-24(21(18)25)17-7-5-4-6-8-17/h4-10,13-14H,3,12H2,1-2H3/b18-13-. The van der Waals surface area contributed by atoms with Crippen molar-refractivity contribution < 1.29 is 14.3 Å². The van der Waals surface area contributed by atoms with Gasteiger partial charge in [-0.15, -0.1) is 0 Å². The van der Waals surface area contributed by atoms with E-state index in [0.29, 0.717) is 29.4 Å². The lowest BCUT2D eigenvalue weighted by Gasteiger charge is -2.12. The van der Waals surface area contributed by atoms with E-state index in [2.05, 4.69) is 5.10 Å². The van der Waals surface area contributed by atoms with Gasteiger partial charge in [-0.25, -0.2) is 0 Å². The number of nitriles is 1. The fourth-order valence-corrected chi connectivity index (χ4v) is 2.71. The third-order valence-corrected chi connectivity index (χ3v) is 3.93. The number of rotatable bonds is 6. The number of carbonyl (C=O) groups excluding carboxylic acids is 1. The summed E-state index contributed by atoms with van der Waals surface area (Å²) in [5.41, 5.74) is 2.68. The zero-order chi connectivity index (χ0) is 19.2. The molecule has 1 heterocycles. The van der Waals surface area contributed by atoms with Gasteiger partial charge in [0.05, 0.1) is 23.6 Å². The minimum atomic E-state index is -0.179. The van der Waals surface area contributed by atoms with Crippen molar-refractivity contribution in [3.8, 4) is 17.6 Å². The van der Waals surface area contributed by atoms with E-state index in [1.165, 1.54) is 5.01 Å². The summed E-state index contributed by atoms with van der Waals surface area (Å²) >= 11 is 0. The van der Waals surface area contributed by atoms with E-state index in [4.69, 9.17) is 14.7 Å². The molecule has 27 heavy (non-hydrogen) atoms. The lowest BCUT2D eigenvalue weighted by atomic mass is 10.1. The van der Waals surface area contributed by atoms with Gasteiger partial charge in [0, 0.05) is 0 Å². The SMILES string of the molecule is CCOc1cc(/C=C2\C(=O)N(c3ccccc3)N=C2C)ccc1OCC#N. The Labute approximate surface area is 157 Å². The van der Waals surface area contributed by atoms with Crippen LogP contribution in [-0.4, -0.2) is 24.8 Å². The third kappa shape index (κ3) is 3.98. The number of amides is 1. The van der Waals surface area contributed by atoms with Crippen LogP contribution in [0.1, 0.15) is 19.4 Å². The van der Waals surface area contributed by atoms with E-state index in [1.807, 2.05) is 49.4 Å². The van der Waals surface area contributed by atoms with E-state index in [-0.39, 0.29) is 12.5 Å². The quantitative estimate of drug-likeness (QED) is 0.734. The lowest BCUT2D eigenvalue weighted by molar-refractivity contribution is -0.114. The molecule has 6 nitrogen and oxygen atoms in total. The van der Waals surface area contributed by atoms with Crippen LogP contribution in [0.2, 0.25) is 0 Å². The molecule has 0 spiro atoms. The molecule has 0 fully saturated rings. The van der Waals surface area contributed by atoms with Gasteiger partial charge >= 0.3 is 0 Å². The van der Waals surface area contributed by atoms with E-state index < -0.39 is 0 Å². The van der Waals surface area contributed by atoms with Crippen LogP contribution < -0.4 is 14.5 Å². The molecule has 0 bridgehead atoms. The number of anilines is 1. The molecule has 0 atom stereocenters. The van der Waals surface area contributed by atoms with Crippen molar-refractivity contribution in [3.63, 3.8) is 0 Å². The van der Waals surface area contributed by atoms with Crippen molar-refractivity contribution in [2.24, 2.45) is 5.10 Å². The second-order valence-electron chi connectivity index (χ2n) is 5.78. The Kier molecular flexibility index (Phi) is 5.53. The predicted molar refractivity (Wildman–Crippen MR) is 104 cm³/mol. The van der Waals surface area contributed by atoms with Crippen molar-refractivity contribution in [2.75, 3.05) is 18.2 Å². The van der Waals surface area contributed by atoms with Crippen LogP contribution >= 0.6 is 0 Å². The largest absolute Gasteiger partial charge is 0.490 e. The number of hydrogen-bond acceptors (Lipinski definition) is 5. The second-order valence-corrected chi connectivity index (χ2v) is 5.78. The Morgan fingerprint density at radius 1 is 1.15 bits per heavy atom. The maximum Gasteiger partial charge on any atom is 0.280 e. The van der Waals surface area contributed by atoms with Gasteiger partial charge in [0.2, 0.25) is 0 Å². The first-order valence-corrected chi connectivity index (χ1v) is 8.57. The van der Waals surface area contributed by atoms with Gasteiger partial charge in [-0.3, -0.25) is 4.79 Å². The fourth-order valence-electron chi connectivity index (χ4n) is 2.71. The van der Waals surface area contributed by atoms with Gasteiger partial charge in [-0.1, -0.05) is 24.3 Å². The Morgan fingerprint density at radius 2 is 1.93 bits per heavy atom. The van der Waals surface area contributed by atoms with Crippen LogP contribution in [0.5, 0.6) is 11.5 Å². The normalized spacial score (nSPS) is 14.9. The molecule has 136 valence electrons. The molecule has 1 amide bonds. The molecule has 6 heteroatoms. The van der Waals surface area contributed by atoms with Gasteiger partial charge in [-0.2, -0.15) is 15.4 Å². The van der Waals surface area contributed by atoms with Gasteiger partial charge in [0.15, 0.2) is 18.1 Å². The minimum Gasteiger partial charge on any atom is -0.490 e. The molecule has 1 aliphatic heterocycles. The van der Waals surface area contributed by atoms with Gasteiger partial charge in [0.1, 0.15) is 6.07 Å². The number of ether oxygens (including phenoxy) is 2. The zero-order valence-electron chi connectivity index (χ0n) is 15.2. The molecule has 0 aliphatic carbocycles. The monoisotopic (exact) mass is 361 g/mol. The third-order valence-electron chi connectivity index (χ3n) is 3.93. The van der Waals surface area contributed by atoms with Crippen molar-refractivity contribution in [3.05, 3.63) is 59.7 Å². The molecule has 1 aliphatic rings. The Bertz CT molecular complexity index is 943. The molecule has 0 unspecified atom stereocenters. The van der Waals surface area contributed by atoms with Gasteiger partial charge in [-0.05, 0) is 49.8 Å². The highest BCUT2D eigenvalue weighted by atomic mass is 16.5. The van der Waals surface area contributed by atoms with E-state index >= 15 is 0 Å². The molecule has 3 rings (SSSR count). The van der Waals surface area contributed by atoms with Crippen LogP contribution in [-0.2, 0) is 4.79 Å². The smallest absolute Gasteiger partial charge is 0.280 e. The fraction of sp³-hybridized carbons (Fsp3) is 0.190. The maximum atomic E-state index is 12.8. The number of benzene rings is 2. The summed E-state index contributed by atoms with van der Waals surface area (Å²) < 4.78 is 11.0. The summed E-state index contributed by atoms with van der Waals surface area (Å²) in [5, 5.41) is 14.5. The molecule has 0 saturated carbocycles. The number of para-hydroxylation sites is 1. The molecular weight excluding hydrogens is 342 g/mol. The zero-order valence-corrected chi connectivity index (χ0v) is 15.2. The van der Waals surface area contributed by atoms with Gasteiger partial charge < -0.3 is 9.47 Å². The highest BCUT2D eigenvalue weighted by Gasteiger charge is 2.28. The summed E-state index contributed by atoms with van der Waals surface area (Å²) in [5.74, 6) is 0.845. The van der Waals surface area contributed by atoms with Crippen molar-refractivity contribution in [1.82, 2.24) is 0 Å². The van der Waals surface area contributed by atoms with Crippen LogP contribution in [0.15, 0.2) is 59.2 Å². The summed E-state index contributed by atoms with van der Waals surface area (Å²) in [6.45, 7) is 4.08. The summed E-state index contributed by atoms with van der Waals surface area (Å²) in [6.07, 6.45) is 1.78. The Balaban J connectivity index is 1.90. The van der Waals surface area contributed by atoms with E-state index in [9.17, 15) is 4.79 Å². The number of carbonyl (C=O) groups is 1. The first-order chi connectivity index (χ1) is 13.1. The molecule has 0 aromatic heterocycles. The lowest BCUT2D eigenvalue weighted by Crippen LogP contribution is -2.21. The molecular formula is C21H19N3O3. The highest BCUT2D eigenvalue weighted by molar-refractivity contribution is 6.32. The summed E-state index contributed by atoms with van der Waals surface area (Å²) in [4.78, 5) is 12.8. The van der Waals surface area contributed by atoms with E-state index in [1.54, 1.807) is 25.1 Å². The predicted octanol–water partition coefficient (Wildman–Crippen LogP) is 3.79. The first-order valence-electron chi connectivity index (χ1n) is 8.57. The maximum absolute atomic E-state index is 12.8. The Morgan fingerprint density at radius 3 is 2.63 bits per heavy atom. The highest BCUT2D eigenvalue weighted by Crippen LogP contribution is 2.31. The van der Waals surface area contributed by atoms with Crippen molar-refractivity contribution >= 4 is 23.4 Å². The number of nitrogens with zero attached hydrogens (tertiary/aromatic N) is 3. The minimum absolute atomic E-state index is 0.0587. The molecule has 2 aromatic carbocycles. The van der Waals surface area contributed by atoms with Gasteiger partial charge in [0.25, 0.3) is 5.91 Å². The van der Waals surface area contributed by atoms with Crippen molar-refractivity contribution in [1.29, 1.82) is 5.26 Å². The van der Waals surface area contributed by atoms with Crippen LogP contribution in [0.4, 0.5) is 5.69 Å². The van der Waals surface area contributed by atoms with Crippen LogP contribution in [0.25, 0.3) is 6.08 Å². The average Bonchev–Trinajstić information content (AvgIpc) is 2.96. The second kappa shape index (κ2) is 8.19. The topological polar surface area (TPSA) is 74.9 Å². The first kappa shape index (κ1) is 18.2. The molecule has 0 saturated heterocycles. The van der Waals surface area contributed by atoms with Crippen LogP contribution in [0.3, 0.4) is 0 Å². The summed E-state index contributed by atoms with van der Waals surface area (Å²) in [7, 11) is 0. The number of hydrazone groups is 1. The summed E-state index contributed by atoms with van der Waals surface area (Å²) in [6, 6.07) is 16.6. The van der Waals surface area contributed by atoms with E-state index in [0.717, 1.165) is 11.3 Å². The molecule has 2 aromatic rings. The van der Waals surface area contributed by atoms with Crippen LogP contribution in [0, 0.1) is 11.3 Å². The number of hydrogen-bond donors (Lipinski definition) is 0. The Hall–Kier alpha value is -3.59. The molecule has 0 radical (unpaired) electrons.